The number of H-pyrrole nitrogens is 1. The van der Waals surface area contributed by atoms with Crippen molar-refractivity contribution in [3.05, 3.63) is 59.4 Å². The highest BCUT2D eigenvalue weighted by molar-refractivity contribution is 7.15. The molecule has 1 unspecified atom stereocenters. The van der Waals surface area contributed by atoms with E-state index in [1.54, 1.807) is 23.7 Å². The average molecular weight is 342 g/mol. The number of nitrogens with one attached hydrogen (secondary N) is 1. The Kier molecular flexibility index (Phi) is 5.74. The first-order valence-corrected chi connectivity index (χ1v) is 8.94. The van der Waals surface area contributed by atoms with E-state index in [2.05, 4.69) is 45.2 Å². The van der Waals surface area contributed by atoms with Gasteiger partial charge in [-0.1, -0.05) is 13.0 Å². The second kappa shape index (κ2) is 8.19. The lowest BCUT2D eigenvalue weighted by molar-refractivity contribution is 0.107. The van der Waals surface area contributed by atoms with Crippen LogP contribution in [-0.4, -0.2) is 37.8 Å². The first-order chi connectivity index (χ1) is 11.8. The van der Waals surface area contributed by atoms with Gasteiger partial charge >= 0.3 is 0 Å². The topological polar surface area (TPSA) is 65.0 Å². The maximum absolute atomic E-state index is 9.74. The van der Waals surface area contributed by atoms with Gasteiger partial charge in [0.2, 0.25) is 0 Å². The van der Waals surface area contributed by atoms with E-state index in [0.29, 0.717) is 0 Å². The third kappa shape index (κ3) is 4.08. The molecule has 2 N–H and O–H groups in total. The van der Waals surface area contributed by atoms with Gasteiger partial charge in [0.25, 0.3) is 0 Å². The molecule has 0 saturated heterocycles. The summed E-state index contributed by atoms with van der Waals surface area (Å²) >= 11 is 1.76. The molecule has 0 amide bonds. The van der Waals surface area contributed by atoms with E-state index in [0.717, 1.165) is 30.8 Å². The molecule has 24 heavy (non-hydrogen) atoms. The normalized spacial score (nSPS) is 12.6. The molecule has 3 rings (SSSR count). The van der Waals surface area contributed by atoms with E-state index in [-0.39, 0.29) is 12.6 Å². The van der Waals surface area contributed by atoms with Crippen LogP contribution in [0, 0.1) is 0 Å². The minimum absolute atomic E-state index is 0.142. The van der Waals surface area contributed by atoms with Crippen LogP contribution in [0.25, 0.3) is 10.6 Å². The lowest BCUT2D eigenvalue weighted by Crippen LogP contribution is -2.36. The smallest absolute Gasteiger partial charge is 0.0749 e. The van der Waals surface area contributed by atoms with Gasteiger partial charge in [-0.3, -0.25) is 15.0 Å². The van der Waals surface area contributed by atoms with Gasteiger partial charge in [0.1, 0.15) is 0 Å². The number of hydrogen-bond acceptors (Lipinski definition) is 5. The molecule has 0 aliphatic carbocycles. The number of nitrogens with zero attached hydrogens (tertiary/aromatic N) is 3. The van der Waals surface area contributed by atoms with Crippen molar-refractivity contribution >= 4 is 11.3 Å². The molecule has 0 radical (unpaired) electrons. The number of aliphatic hydroxyl groups is 1. The molecule has 0 aliphatic heterocycles. The molecule has 3 aromatic heterocycles. The van der Waals surface area contributed by atoms with E-state index in [9.17, 15) is 5.11 Å². The monoisotopic (exact) mass is 342 g/mol. The number of thiophene rings is 1. The van der Waals surface area contributed by atoms with E-state index < -0.39 is 0 Å². The Hall–Kier alpha value is -2.02. The molecule has 6 heteroatoms. The van der Waals surface area contributed by atoms with Gasteiger partial charge in [-0.15, -0.1) is 11.3 Å². The molecule has 0 fully saturated rings. The summed E-state index contributed by atoms with van der Waals surface area (Å²) in [5.74, 6) is 0. The molecular weight excluding hydrogens is 320 g/mol. The molecule has 0 aromatic carbocycles. The summed E-state index contributed by atoms with van der Waals surface area (Å²) in [6.07, 6.45) is 6.35. The van der Waals surface area contributed by atoms with Gasteiger partial charge in [-0.25, -0.2) is 0 Å². The van der Waals surface area contributed by atoms with Crippen LogP contribution in [0.1, 0.15) is 23.8 Å². The van der Waals surface area contributed by atoms with E-state index in [1.807, 2.05) is 18.3 Å². The number of aromatic amines is 1. The van der Waals surface area contributed by atoms with Crippen LogP contribution < -0.4 is 0 Å². The summed E-state index contributed by atoms with van der Waals surface area (Å²) in [6, 6.07) is 10.4. The second-order valence-corrected chi connectivity index (χ2v) is 6.92. The lowest BCUT2D eigenvalue weighted by atomic mass is 10.1. The van der Waals surface area contributed by atoms with Crippen molar-refractivity contribution in [3.63, 3.8) is 0 Å². The van der Waals surface area contributed by atoms with Gasteiger partial charge in [0.15, 0.2) is 0 Å². The fourth-order valence-corrected chi connectivity index (χ4v) is 3.75. The van der Waals surface area contributed by atoms with Crippen LogP contribution in [0.15, 0.2) is 48.9 Å². The van der Waals surface area contributed by atoms with E-state index in [4.69, 9.17) is 0 Å². The highest BCUT2D eigenvalue weighted by Crippen LogP contribution is 2.28. The summed E-state index contributed by atoms with van der Waals surface area (Å²) in [7, 11) is 0. The highest BCUT2D eigenvalue weighted by atomic mass is 32.1. The molecular formula is C18H22N4OS. The number of rotatable bonds is 8. The number of pyridine rings is 1. The van der Waals surface area contributed by atoms with Gasteiger partial charge < -0.3 is 5.11 Å². The summed E-state index contributed by atoms with van der Waals surface area (Å²) in [6.45, 7) is 3.87. The molecule has 0 spiro atoms. The van der Waals surface area contributed by atoms with Crippen molar-refractivity contribution in [3.8, 4) is 10.6 Å². The highest BCUT2D eigenvalue weighted by Gasteiger charge is 2.18. The Bertz CT molecular complexity index is 723. The van der Waals surface area contributed by atoms with Crippen LogP contribution in [0.4, 0.5) is 0 Å². The zero-order valence-corrected chi connectivity index (χ0v) is 14.5. The largest absolute Gasteiger partial charge is 0.395 e. The SMILES string of the molecule is CCC(CO)N(Cc1cccnc1)Cc1ccc(-c2ccn[nH]2)s1. The van der Waals surface area contributed by atoms with Crippen molar-refractivity contribution in [1.29, 1.82) is 0 Å². The molecule has 5 nitrogen and oxygen atoms in total. The van der Waals surface area contributed by atoms with Crippen LogP contribution in [0.3, 0.4) is 0 Å². The Balaban J connectivity index is 1.76. The Labute approximate surface area is 146 Å². The van der Waals surface area contributed by atoms with Gasteiger partial charge in [-0.05, 0) is 36.2 Å². The van der Waals surface area contributed by atoms with Crippen molar-refractivity contribution < 1.29 is 5.11 Å². The maximum Gasteiger partial charge on any atom is 0.0749 e. The average Bonchev–Trinajstić information content (AvgIpc) is 3.28. The van der Waals surface area contributed by atoms with Gasteiger partial charge in [0, 0.05) is 42.6 Å². The predicted molar refractivity (Wildman–Crippen MR) is 96.5 cm³/mol. The predicted octanol–water partition coefficient (Wildman–Crippen LogP) is 3.31. The Morgan fingerprint density at radius 1 is 1.21 bits per heavy atom. The molecule has 0 saturated carbocycles. The van der Waals surface area contributed by atoms with E-state index >= 15 is 0 Å². The molecule has 0 bridgehead atoms. The van der Waals surface area contributed by atoms with Crippen molar-refractivity contribution in [2.24, 2.45) is 0 Å². The molecule has 3 aromatic rings. The zero-order chi connectivity index (χ0) is 16.8. The quantitative estimate of drug-likeness (QED) is 0.659. The minimum Gasteiger partial charge on any atom is -0.395 e. The standard InChI is InChI=1S/C18H22N4OS/c1-2-15(13-23)22(11-14-4-3-8-19-10-14)12-16-5-6-18(24-16)17-7-9-20-21-17/h3-10,15,23H,2,11-13H2,1H3,(H,20,21). The summed E-state index contributed by atoms with van der Waals surface area (Å²) in [5, 5.41) is 16.8. The van der Waals surface area contributed by atoms with Crippen molar-refractivity contribution in [1.82, 2.24) is 20.1 Å². The van der Waals surface area contributed by atoms with Crippen LogP contribution in [0.5, 0.6) is 0 Å². The van der Waals surface area contributed by atoms with Gasteiger partial charge in [-0.2, -0.15) is 5.10 Å². The third-order valence-electron chi connectivity index (χ3n) is 4.09. The fraction of sp³-hybridized carbons (Fsp3) is 0.333. The van der Waals surface area contributed by atoms with E-state index in [1.165, 1.54) is 9.75 Å². The first kappa shape index (κ1) is 16.8. The molecule has 0 aliphatic rings. The fourth-order valence-electron chi connectivity index (χ4n) is 2.74. The molecule has 126 valence electrons. The summed E-state index contributed by atoms with van der Waals surface area (Å²) in [5.41, 5.74) is 2.20. The number of aliphatic hydroxyl groups excluding tert-OH is 1. The van der Waals surface area contributed by atoms with Crippen LogP contribution >= 0.6 is 11.3 Å². The molecule has 3 heterocycles. The van der Waals surface area contributed by atoms with Crippen LogP contribution in [0.2, 0.25) is 0 Å². The number of hydrogen-bond donors (Lipinski definition) is 2. The molecule has 1 atom stereocenters. The summed E-state index contributed by atoms with van der Waals surface area (Å²) < 4.78 is 0. The van der Waals surface area contributed by atoms with Gasteiger partial charge in [0.05, 0.1) is 17.2 Å². The Morgan fingerprint density at radius 2 is 2.12 bits per heavy atom. The zero-order valence-electron chi connectivity index (χ0n) is 13.7. The second-order valence-electron chi connectivity index (χ2n) is 5.75. The lowest BCUT2D eigenvalue weighted by Gasteiger charge is -2.29. The first-order valence-electron chi connectivity index (χ1n) is 8.12. The third-order valence-corrected chi connectivity index (χ3v) is 5.20. The number of aromatic nitrogens is 3. The van der Waals surface area contributed by atoms with Crippen molar-refractivity contribution in [2.45, 2.75) is 32.5 Å². The minimum atomic E-state index is 0.142. The van der Waals surface area contributed by atoms with Crippen LogP contribution in [-0.2, 0) is 13.1 Å². The summed E-state index contributed by atoms with van der Waals surface area (Å²) in [4.78, 5) is 8.97. The maximum atomic E-state index is 9.74. The van der Waals surface area contributed by atoms with Crippen molar-refractivity contribution in [2.75, 3.05) is 6.61 Å². The Morgan fingerprint density at radius 3 is 2.79 bits per heavy atom.